The van der Waals surface area contributed by atoms with Gasteiger partial charge >= 0.3 is 0 Å². The lowest BCUT2D eigenvalue weighted by Gasteiger charge is -2.11. The van der Waals surface area contributed by atoms with Crippen LogP contribution in [0.2, 0.25) is 0 Å². The SMILES string of the molecule is CN(C)c1cnn(Cc2cc(Br)cs2)c(=O)c1. The summed E-state index contributed by atoms with van der Waals surface area (Å²) in [5.74, 6) is 0. The van der Waals surface area contributed by atoms with E-state index in [0.717, 1.165) is 15.0 Å². The van der Waals surface area contributed by atoms with E-state index in [1.54, 1.807) is 23.6 Å². The predicted octanol–water partition coefficient (Wildman–Crippen LogP) is 2.18. The Bertz CT molecular complexity index is 576. The fourth-order valence-corrected chi connectivity index (χ4v) is 2.80. The van der Waals surface area contributed by atoms with Crippen LogP contribution in [-0.4, -0.2) is 23.9 Å². The van der Waals surface area contributed by atoms with Gasteiger partial charge in [-0.2, -0.15) is 5.10 Å². The smallest absolute Gasteiger partial charge is 0.269 e. The first-order valence-electron chi connectivity index (χ1n) is 5.03. The maximum Gasteiger partial charge on any atom is 0.269 e. The van der Waals surface area contributed by atoms with E-state index < -0.39 is 0 Å². The second kappa shape index (κ2) is 5.01. The van der Waals surface area contributed by atoms with Crippen LogP contribution in [0.15, 0.2) is 33.0 Å². The summed E-state index contributed by atoms with van der Waals surface area (Å²) in [6, 6.07) is 3.59. The molecule has 17 heavy (non-hydrogen) atoms. The van der Waals surface area contributed by atoms with Crippen LogP contribution in [0.5, 0.6) is 0 Å². The molecule has 0 amide bonds. The van der Waals surface area contributed by atoms with E-state index in [9.17, 15) is 4.79 Å². The summed E-state index contributed by atoms with van der Waals surface area (Å²) < 4.78 is 2.50. The highest BCUT2D eigenvalue weighted by atomic mass is 79.9. The third kappa shape index (κ3) is 2.95. The van der Waals surface area contributed by atoms with Crippen molar-refractivity contribution in [1.82, 2.24) is 9.78 Å². The van der Waals surface area contributed by atoms with Gasteiger partial charge in [0.25, 0.3) is 5.56 Å². The highest BCUT2D eigenvalue weighted by Gasteiger charge is 2.04. The second-order valence-electron chi connectivity index (χ2n) is 3.84. The molecule has 0 aliphatic carbocycles. The van der Waals surface area contributed by atoms with Gasteiger partial charge in [-0.3, -0.25) is 4.79 Å². The first-order valence-corrected chi connectivity index (χ1v) is 6.71. The molecule has 0 aliphatic rings. The minimum atomic E-state index is -0.0827. The molecular weight excluding hydrogens is 302 g/mol. The van der Waals surface area contributed by atoms with Crippen LogP contribution >= 0.6 is 27.3 Å². The van der Waals surface area contributed by atoms with Gasteiger partial charge < -0.3 is 4.90 Å². The Hall–Kier alpha value is -1.14. The molecule has 0 N–H and O–H groups in total. The largest absolute Gasteiger partial charge is 0.376 e. The summed E-state index contributed by atoms with van der Waals surface area (Å²) in [7, 11) is 3.77. The van der Waals surface area contributed by atoms with Crippen molar-refractivity contribution in [3.8, 4) is 0 Å². The molecular formula is C11H12BrN3OS. The van der Waals surface area contributed by atoms with Gasteiger partial charge in [0.15, 0.2) is 0 Å². The number of aromatic nitrogens is 2. The number of thiophene rings is 1. The standard InChI is InChI=1S/C11H12BrN3OS/c1-14(2)9-4-11(16)15(13-5-9)6-10-3-8(12)7-17-10/h3-5,7H,6H2,1-2H3. The van der Waals surface area contributed by atoms with Crippen molar-refractivity contribution in [3.05, 3.63) is 43.4 Å². The zero-order valence-electron chi connectivity index (χ0n) is 9.55. The first kappa shape index (κ1) is 12.3. The molecule has 0 aromatic carbocycles. The Balaban J connectivity index is 2.25. The minimum Gasteiger partial charge on any atom is -0.376 e. The number of nitrogens with zero attached hydrogens (tertiary/aromatic N) is 3. The zero-order valence-corrected chi connectivity index (χ0v) is 12.0. The maximum absolute atomic E-state index is 11.8. The number of halogens is 1. The third-order valence-electron chi connectivity index (χ3n) is 2.30. The summed E-state index contributed by atoms with van der Waals surface area (Å²) in [5.41, 5.74) is 0.735. The molecule has 0 fully saturated rings. The van der Waals surface area contributed by atoms with Crippen LogP contribution in [0.25, 0.3) is 0 Å². The average Bonchev–Trinajstić information content (AvgIpc) is 2.67. The molecule has 4 nitrogen and oxygen atoms in total. The van der Waals surface area contributed by atoms with E-state index in [1.807, 2.05) is 30.4 Å². The number of rotatable bonds is 3. The van der Waals surface area contributed by atoms with Gasteiger partial charge in [-0.15, -0.1) is 11.3 Å². The van der Waals surface area contributed by atoms with E-state index in [4.69, 9.17) is 0 Å². The molecule has 2 aromatic heterocycles. The van der Waals surface area contributed by atoms with Gasteiger partial charge in [0, 0.05) is 34.9 Å². The van der Waals surface area contributed by atoms with Crippen molar-refractivity contribution in [2.24, 2.45) is 0 Å². The normalized spacial score (nSPS) is 10.5. The summed E-state index contributed by atoms with van der Waals surface area (Å²) in [6.07, 6.45) is 1.70. The van der Waals surface area contributed by atoms with Crippen LogP contribution in [0.1, 0.15) is 4.88 Å². The summed E-state index contributed by atoms with van der Waals surface area (Å²) in [6.45, 7) is 0.517. The Morgan fingerprint density at radius 3 is 2.76 bits per heavy atom. The summed E-state index contributed by atoms with van der Waals surface area (Å²) in [4.78, 5) is 14.8. The Kier molecular flexibility index (Phi) is 3.63. The van der Waals surface area contributed by atoms with Crippen LogP contribution in [0.3, 0.4) is 0 Å². The Labute approximate surface area is 112 Å². The fraction of sp³-hybridized carbons (Fsp3) is 0.273. The lowest BCUT2D eigenvalue weighted by atomic mass is 10.4. The van der Waals surface area contributed by atoms with Crippen molar-refractivity contribution in [2.75, 3.05) is 19.0 Å². The van der Waals surface area contributed by atoms with Gasteiger partial charge in [-0.1, -0.05) is 0 Å². The molecule has 0 bridgehead atoms. The van der Waals surface area contributed by atoms with E-state index in [-0.39, 0.29) is 5.56 Å². The zero-order chi connectivity index (χ0) is 12.4. The van der Waals surface area contributed by atoms with Gasteiger partial charge in [0.2, 0.25) is 0 Å². The van der Waals surface area contributed by atoms with Gasteiger partial charge in [-0.25, -0.2) is 4.68 Å². The van der Waals surface area contributed by atoms with Crippen molar-refractivity contribution in [3.63, 3.8) is 0 Å². The van der Waals surface area contributed by atoms with E-state index >= 15 is 0 Å². The van der Waals surface area contributed by atoms with Crippen molar-refractivity contribution in [1.29, 1.82) is 0 Å². The monoisotopic (exact) mass is 313 g/mol. The van der Waals surface area contributed by atoms with Crippen LogP contribution in [0.4, 0.5) is 5.69 Å². The van der Waals surface area contributed by atoms with Crippen molar-refractivity contribution >= 4 is 33.0 Å². The molecule has 0 spiro atoms. The molecule has 6 heteroatoms. The van der Waals surface area contributed by atoms with E-state index in [1.165, 1.54) is 4.68 Å². The fourth-order valence-electron chi connectivity index (χ4n) is 1.37. The highest BCUT2D eigenvalue weighted by Crippen LogP contribution is 2.20. The topological polar surface area (TPSA) is 38.1 Å². The highest BCUT2D eigenvalue weighted by molar-refractivity contribution is 9.10. The number of anilines is 1. The molecule has 90 valence electrons. The third-order valence-corrected chi connectivity index (χ3v) is 3.98. The van der Waals surface area contributed by atoms with Crippen molar-refractivity contribution < 1.29 is 0 Å². The van der Waals surface area contributed by atoms with Crippen molar-refractivity contribution in [2.45, 2.75) is 6.54 Å². The van der Waals surface area contributed by atoms with Gasteiger partial charge in [0.1, 0.15) is 0 Å². The lowest BCUT2D eigenvalue weighted by Crippen LogP contribution is -2.24. The molecule has 0 aliphatic heterocycles. The molecule has 0 radical (unpaired) electrons. The number of hydrogen-bond acceptors (Lipinski definition) is 4. The Morgan fingerprint density at radius 2 is 2.24 bits per heavy atom. The molecule has 0 unspecified atom stereocenters. The molecule has 2 heterocycles. The van der Waals surface area contributed by atoms with Crippen LogP contribution in [-0.2, 0) is 6.54 Å². The summed E-state index contributed by atoms with van der Waals surface area (Å²) in [5, 5.41) is 6.15. The quantitative estimate of drug-likeness (QED) is 0.871. The molecule has 2 rings (SSSR count). The van der Waals surface area contributed by atoms with E-state index in [2.05, 4.69) is 21.0 Å². The van der Waals surface area contributed by atoms with Crippen LogP contribution < -0.4 is 10.5 Å². The Morgan fingerprint density at radius 1 is 1.47 bits per heavy atom. The summed E-state index contributed by atoms with van der Waals surface area (Å²) >= 11 is 5.00. The van der Waals surface area contributed by atoms with E-state index in [0.29, 0.717) is 6.54 Å². The van der Waals surface area contributed by atoms with Gasteiger partial charge in [0.05, 0.1) is 18.4 Å². The molecule has 2 aromatic rings. The number of hydrogen-bond donors (Lipinski definition) is 0. The maximum atomic E-state index is 11.8. The molecule has 0 saturated carbocycles. The first-order chi connectivity index (χ1) is 8.06. The predicted molar refractivity (Wildman–Crippen MR) is 73.9 cm³/mol. The second-order valence-corrected chi connectivity index (χ2v) is 5.75. The minimum absolute atomic E-state index is 0.0827. The van der Waals surface area contributed by atoms with Crippen LogP contribution in [0, 0.1) is 0 Å². The molecule has 0 atom stereocenters. The molecule has 0 saturated heterocycles. The average molecular weight is 314 g/mol. The van der Waals surface area contributed by atoms with Gasteiger partial charge in [-0.05, 0) is 22.0 Å². The lowest BCUT2D eigenvalue weighted by molar-refractivity contribution is 0.644.